The first kappa shape index (κ1) is 14.6. The SMILES string of the molecule is CCc1cc2c(SCCC(C)C)nc(NC)nc2s1. The molecule has 104 valence electrons. The molecule has 0 aliphatic carbocycles. The lowest BCUT2D eigenvalue weighted by Crippen LogP contribution is -1.98. The van der Waals surface area contributed by atoms with Crippen LogP contribution in [0.15, 0.2) is 11.1 Å². The Morgan fingerprint density at radius 2 is 2.16 bits per heavy atom. The maximum atomic E-state index is 4.61. The van der Waals surface area contributed by atoms with Crippen LogP contribution in [-0.4, -0.2) is 22.8 Å². The van der Waals surface area contributed by atoms with Crippen LogP contribution in [0.5, 0.6) is 0 Å². The van der Waals surface area contributed by atoms with Gasteiger partial charge >= 0.3 is 0 Å². The molecule has 0 spiro atoms. The Bertz CT molecular complexity index is 549. The van der Waals surface area contributed by atoms with E-state index in [-0.39, 0.29) is 0 Å². The summed E-state index contributed by atoms with van der Waals surface area (Å²) in [4.78, 5) is 11.6. The summed E-state index contributed by atoms with van der Waals surface area (Å²) in [6.07, 6.45) is 2.28. The van der Waals surface area contributed by atoms with E-state index in [9.17, 15) is 0 Å². The Morgan fingerprint density at radius 3 is 2.79 bits per heavy atom. The fourth-order valence-corrected chi connectivity index (χ4v) is 4.01. The molecule has 0 atom stereocenters. The molecule has 0 fully saturated rings. The maximum Gasteiger partial charge on any atom is 0.224 e. The molecule has 5 heteroatoms. The van der Waals surface area contributed by atoms with Gasteiger partial charge in [0.15, 0.2) is 0 Å². The first-order valence-corrected chi connectivity index (χ1v) is 8.55. The number of thiophene rings is 1. The first-order valence-electron chi connectivity index (χ1n) is 6.75. The summed E-state index contributed by atoms with van der Waals surface area (Å²) in [6.45, 7) is 6.70. The molecule has 0 aliphatic heterocycles. The van der Waals surface area contributed by atoms with Crippen LogP contribution < -0.4 is 5.32 Å². The van der Waals surface area contributed by atoms with Crippen molar-refractivity contribution in [3.05, 3.63) is 10.9 Å². The van der Waals surface area contributed by atoms with Crippen molar-refractivity contribution in [2.75, 3.05) is 18.1 Å². The Morgan fingerprint density at radius 1 is 1.37 bits per heavy atom. The van der Waals surface area contributed by atoms with E-state index in [0.717, 1.165) is 33.9 Å². The molecule has 0 saturated heterocycles. The van der Waals surface area contributed by atoms with Crippen molar-refractivity contribution in [1.29, 1.82) is 0 Å². The Balaban J connectivity index is 2.30. The number of hydrogen-bond donors (Lipinski definition) is 1. The molecule has 0 saturated carbocycles. The largest absolute Gasteiger partial charge is 0.357 e. The number of nitrogens with zero attached hydrogens (tertiary/aromatic N) is 2. The molecule has 2 heterocycles. The molecule has 19 heavy (non-hydrogen) atoms. The zero-order valence-electron chi connectivity index (χ0n) is 12.0. The highest BCUT2D eigenvalue weighted by molar-refractivity contribution is 7.99. The summed E-state index contributed by atoms with van der Waals surface area (Å²) >= 11 is 3.62. The lowest BCUT2D eigenvalue weighted by atomic mass is 10.2. The molecule has 0 amide bonds. The van der Waals surface area contributed by atoms with E-state index >= 15 is 0 Å². The molecule has 0 bridgehead atoms. The van der Waals surface area contributed by atoms with Crippen molar-refractivity contribution in [2.45, 2.75) is 38.6 Å². The number of thioether (sulfide) groups is 1. The standard InChI is InChI=1S/C14H21N3S2/c1-5-10-8-11-12(18-7-6-9(2)3)16-14(15-4)17-13(11)19-10/h8-9H,5-7H2,1-4H3,(H,15,16,17). The van der Waals surface area contributed by atoms with Gasteiger partial charge in [-0.1, -0.05) is 20.8 Å². The third-order valence-corrected chi connectivity index (χ3v) is 5.11. The summed E-state index contributed by atoms with van der Waals surface area (Å²) in [6, 6.07) is 2.25. The Hall–Kier alpha value is -0.810. The average Bonchev–Trinajstić information content (AvgIpc) is 2.81. The van der Waals surface area contributed by atoms with Crippen LogP contribution >= 0.6 is 23.1 Å². The van der Waals surface area contributed by atoms with E-state index in [2.05, 4.69) is 42.1 Å². The van der Waals surface area contributed by atoms with Gasteiger partial charge < -0.3 is 5.32 Å². The van der Waals surface area contributed by atoms with E-state index in [1.165, 1.54) is 16.7 Å². The molecule has 3 nitrogen and oxygen atoms in total. The van der Waals surface area contributed by atoms with Crippen LogP contribution in [0.2, 0.25) is 0 Å². The zero-order valence-corrected chi connectivity index (χ0v) is 13.6. The van der Waals surface area contributed by atoms with Gasteiger partial charge in [-0.15, -0.1) is 23.1 Å². The number of fused-ring (bicyclic) bond motifs is 1. The minimum Gasteiger partial charge on any atom is -0.357 e. The minimum atomic E-state index is 0.726. The van der Waals surface area contributed by atoms with Crippen LogP contribution in [0.4, 0.5) is 5.95 Å². The second-order valence-electron chi connectivity index (χ2n) is 4.92. The number of aromatic nitrogens is 2. The fourth-order valence-electron chi connectivity index (χ4n) is 1.73. The lowest BCUT2D eigenvalue weighted by molar-refractivity contribution is 0.632. The predicted molar refractivity (Wildman–Crippen MR) is 86.5 cm³/mol. The van der Waals surface area contributed by atoms with Gasteiger partial charge in [0.2, 0.25) is 5.95 Å². The van der Waals surface area contributed by atoms with Crippen LogP contribution in [0.1, 0.15) is 32.1 Å². The molecular weight excluding hydrogens is 274 g/mol. The van der Waals surface area contributed by atoms with E-state index in [1.54, 1.807) is 11.3 Å². The quantitative estimate of drug-likeness (QED) is 0.632. The molecule has 1 N–H and O–H groups in total. The molecular formula is C14H21N3S2. The Labute approximate surface area is 123 Å². The highest BCUT2D eigenvalue weighted by atomic mass is 32.2. The number of aryl methyl sites for hydroxylation is 1. The van der Waals surface area contributed by atoms with Gasteiger partial charge in [-0.25, -0.2) is 9.97 Å². The highest BCUT2D eigenvalue weighted by Crippen LogP contribution is 2.33. The summed E-state index contributed by atoms with van der Waals surface area (Å²) in [5, 5.41) is 5.39. The van der Waals surface area contributed by atoms with Gasteiger partial charge in [0.1, 0.15) is 9.86 Å². The molecule has 2 rings (SSSR count). The summed E-state index contributed by atoms with van der Waals surface area (Å²) in [5.74, 6) is 2.58. The first-order chi connectivity index (χ1) is 9.13. The number of rotatable bonds is 6. The summed E-state index contributed by atoms with van der Waals surface area (Å²) < 4.78 is 0. The van der Waals surface area contributed by atoms with Crippen molar-refractivity contribution in [2.24, 2.45) is 5.92 Å². The molecule has 0 aliphatic rings. The third-order valence-electron chi connectivity index (χ3n) is 2.91. The van der Waals surface area contributed by atoms with Crippen molar-refractivity contribution in [3.63, 3.8) is 0 Å². The van der Waals surface area contributed by atoms with E-state index < -0.39 is 0 Å². The predicted octanol–water partition coefficient (Wildman–Crippen LogP) is 4.43. The topological polar surface area (TPSA) is 37.8 Å². The smallest absolute Gasteiger partial charge is 0.224 e. The maximum absolute atomic E-state index is 4.61. The molecule has 2 aromatic rings. The second kappa shape index (κ2) is 6.57. The van der Waals surface area contributed by atoms with Gasteiger partial charge in [-0.05, 0) is 30.6 Å². The van der Waals surface area contributed by atoms with Gasteiger partial charge in [0.05, 0.1) is 0 Å². The van der Waals surface area contributed by atoms with Crippen molar-refractivity contribution < 1.29 is 0 Å². The zero-order chi connectivity index (χ0) is 13.8. The van der Waals surface area contributed by atoms with Crippen LogP contribution in [0.25, 0.3) is 10.2 Å². The van der Waals surface area contributed by atoms with Crippen LogP contribution in [0.3, 0.4) is 0 Å². The van der Waals surface area contributed by atoms with E-state index in [0.29, 0.717) is 0 Å². The molecule has 0 unspecified atom stereocenters. The third kappa shape index (κ3) is 3.60. The molecule has 2 aromatic heterocycles. The second-order valence-corrected chi connectivity index (χ2v) is 7.12. The fraction of sp³-hybridized carbons (Fsp3) is 0.571. The van der Waals surface area contributed by atoms with Gasteiger partial charge in [-0.3, -0.25) is 0 Å². The lowest BCUT2D eigenvalue weighted by Gasteiger charge is -2.06. The van der Waals surface area contributed by atoms with Crippen LogP contribution in [-0.2, 0) is 6.42 Å². The average molecular weight is 295 g/mol. The van der Waals surface area contributed by atoms with Gasteiger partial charge in [0, 0.05) is 17.3 Å². The van der Waals surface area contributed by atoms with Crippen molar-refractivity contribution in [3.8, 4) is 0 Å². The monoisotopic (exact) mass is 295 g/mol. The normalized spacial score (nSPS) is 11.4. The Kier molecular flexibility index (Phi) is 5.05. The number of nitrogens with one attached hydrogen (secondary N) is 1. The number of hydrogen-bond acceptors (Lipinski definition) is 5. The van der Waals surface area contributed by atoms with Crippen molar-refractivity contribution >= 4 is 39.3 Å². The molecule has 0 radical (unpaired) electrons. The van der Waals surface area contributed by atoms with Gasteiger partial charge in [-0.2, -0.15) is 0 Å². The van der Waals surface area contributed by atoms with Crippen molar-refractivity contribution in [1.82, 2.24) is 9.97 Å². The highest BCUT2D eigenvalue weighted by Gasteiger charge is 2.11. The van der Waals surface area contributed by atoms with E-state index in [4.69, 9.17) is 0 Å². The summed E-state index contributed by atoms with van der Waals surface area (Å²) in [5.41, 5.74) is 0. The minimum absolute atomic E-state index is 0.726. The summed E-state index contributed by atoms with van der Waals surface area (Å²) in [7, 11) is 1.87. The number of anilines is 1. The van der Waals surface area contributed by atoms with Crippen LogP contribution in [0, 0.1) is 5.92 Å². The molecule has 0 aromatic carbocycles. The van der Waals surface area contributed by atoms with E-state index in [1.807, 2.05) is 18.8 Å². The van der Waals surface area contributed by atoms with Gasteiger partial charge in [0.25, 0.3) is 0 Å².